The van der Waals surface area contributed by atoms with Crippen molar-refractivity contribution >= 4 is 0 Å². The Hall–Kier alpha value is -0.260. The second-order valence-corrected chi connectivity index (χ2v) is 5.04. The van der Waals surface area contributed by atoms with Gasteiger partial charge in [0, 0.05) is 0 Å². The summed E-state index contributed by atoms with van der Waals surface area (Å²) in [6.45, 7) is 11.1. The predicted molar refractivity (Wildman–Crippen MR) is 59.6 cm³/mol. The van der Waals surface area contributed by atoms with Gasteiger partial charge in [-0.1, -0.05) is 33.3 Å². The molecule has 1 aliphatic rings. The highest BCUT2D eigenvalue weighted by atomic mass is 14.3. The van der Waals surface area contributed by atoms with Gasteiger partial charge in [-0.15, -0.1) is 6.58 Å². The van der Waals surface area contributed by atoms with E-state index in [0.29, 0.717) is 0 Å². The van der Waals surface area contributed by atoms with E-state index in [1.165, 1.54) is 25.7 Å². The number of hydrogen-bond acceptors (Lipinski definition) is 0. The molecule has 1 fully saturated rings. The van der Waals surface area contributed by atoms with Crippen LogP contribution in [0.4, 0.5) is 0 Å². The molecule has 1 rings (SSSR count). The summed E-state index contributed by atoms with van der Waals surface area (Å²) >= 11 is 0. The van der Waals surface area contributed by atoms with E-state index in [2.05, 4.69) is 33.4 Å². The maximum absolute atomic E-state index is 3.86. The van der Waals surface area contributed by atoms with Crippen LogP contribution >= 0.6 is 0 Å². The Labute approximate surface area is 83.4 Å². The molecule has 0 saturated heterocycles. The van der Waals surface area contributed by atoms with Crippen LogP contribution in [0.15, 0.2) is 12.7 Å². The zero-order chi connectivity index (χ0) is 9.84. The topological polar surface area (TPSA) is 0 Å². The summed E-state index contributed by atoms with van der Waals surface area (Å²) in [4.78, 5) is 0. The zero-order valence-electron chi connectivity index (χ0n) is 9.42. The highest BCUT2D eigenvalue weighted by Crippen LogP contribution is 2.37. The van der Waals surface area contributed by atoms with Crippen molar-refractivity contribution in [2.24, 2.45) is 23.7 Å². The molecule has 4 atom stereocenters. The van der Waals surface area contributed by atoms with Crippen molar-refractivity contribution in [1.29, 1.82) is 0 Å². The van der Waals surface area contributed by atoms with Gasteiger partial charge in [0.05, 0.1) is 0 Å². The molecule has 1 saturated carbocycles. The predicted octanol–water partition coefficient (Wildman–Crippen LogP) is 4.27. The van der Waals surface area contributed by atoms with Gasteiger partial charge < -0.3 is 0 Å². The Bertz CT molecular complexity index is 159. The summed E-state index contributed by atoms with van der Waals surface area (Å²) in [5.41, 5.74) is 0. The molecule has 1 aliphatic carbocycles. The molecule has 0 N–H and O–H groups in total. The van der Waals surface area contributed by atoms with Crippen molar-refractivity contribution < 1.29 is 0 Å². The number of hydrogen-bond donors (Lipinski definition) is 0. The third-order valence-corrected chi connectivity index (χ3v) is 3.91. The molecular formula is C13H24. The third kappa shape index (κ3) is 2.86. The summed E-state index contributed by atoms with van der Waals surface area (Å²) in [5, 5.41) is 0. The van der Waals surface area contributed by atoms with E-state index in [4.69, 9.17) is 0 Å². The van der Waals surface area contributed by atoms with Gasteiger partial charge in [-0.3, -0.25) is 0 Å². The van der Waals surface area contributed by atoms with E-state index in [1.807, 2.05) is 0 Å². The highest BCUT2D eigenvalue weighted by molar-refractivity contribution is 4.82. The van der Waals surface area contributed by atoms with E-state index in [9.17, 15) is 0 Å². The minimum Gasteiger partial charge on any atom is -0.103 e. The monoisotopic (exact) mass is 180 g/mol. The molecule has 0 amide bonds. The fourth-order valence-electron chi connectivity index (χ4n) is 2.74. The van der Waals surface area contributed by atoms with Crippen molar-refractivity contribution in [3.63, 3.8) is 0 Å². The third-order valence-electron chi connectivity index (χ3n) is 3.91. The van der Waals surface area contributed by atoms with Gasteiger partial charge in [-0.05, 0) is 42.9 Å². The number of rotatable bonds is 2. The summed E-state index contributed by atoms with van der Waals surface area (Å²) in [7, 11) is 0. The molecule has 0 radical (unpaired) electrons. The lowest BCUT2D eigenvalue weighted by atomic mass is 9.81. The molecule has 0 heteroatoms. The molecule has 76 valence electrons. The maximum atomic E-state index is 3.86. The Kier molecular flexibility index (Phi) is 4.02. The molecule has 0 heterocycles. The van der Waals surface area contributed by atoms with E-state index in [-0.39, 0.29) is 0 Å². The molecule has 0 aromatic rings. The first-order valence-electron chi connectivity index (χ1n) is 5.76. The standard InChI is InChI=1S/C13H24/c1-5-6-13-8-7-10(2)9-11(3)12(13)4/h5,10-13H,1,6-9H2,2-4H3. The average Bonchev–Trinajstić information content (AvgIpc) is 2.19. The Morgan fingerprint density at radius 2 is 1.92 bits per heavy atom. The lowest BCUT2D eigenvalue weighted by Gasteiger charge is -2.25. The lowest BCUT2D eigenvalue weighted by Crippen LogP contribution is -2.16. The maximum Gasteiger partial charge on any atom is -0.0322 e. The second kappa shape index (κ2) is 4.83. The van der Waals surface area contributed by atoms with Gasteiger partial charge >= 0.3 is 0 Å². The van der Waals surface area contributed by atoms with Crippen LogP contribution in [-0.2, 0) is 0 Å². The van der Waals surface area contributed by atoms with Gasteiger partial charge in [0.2, 0.25) is 0 Å². The SMILES string of the molecule is C=CCC1CCC(C)CC(C)C1C. The van der Waals surface area contributed by atoms with E-state index >= 15 is 0 Å². The van der Waals surface area contributed by atoms with Crippen LogP contribution in [0.5, 0.6) is 0 Å². The van der Waals surface area contributed by atoms with Crippen molar-refractivity contribution in [2.75, 3.05) is 0 Å². The normalized spacial score (nSPS) is 41.2. The van der Waals surface area contributed by atoms with Crippen LogP contribution in [0.25, 0.3) is 0 Å². The van der Waals surface area contributed by atoms with Crippen molar-refractivity contribution in [3.8, 4) is 0 Å². The fraction of sp³-hybridized carbons (Fsp3) is 0.846. The summed E-state index contributed by atoms with van der Waals surface area (Å²) < 4.78 is 0. The van der Waals surface area contributed by atoms with Gasteiger partial charge in [0.1, 0.15) is 0 Å². The fourth-order valence-corrected chi connectivity index (χ4v) is 2.74. The number of allylic oxidation sites excluding steroid dienone is 1. The summed E-state index contributed by atoms with van der Waals surface area (Å²) in [6.07, 6.45) is 7.59. The van der Waals surface area contributed by atoms with Crippen molar-refractivity contribution in [3.05, 3.63) is 12.7 Å². The molecular weight excluding hydrogens is 156 g/mol. The van der Waals surface area contributed by atoms with E-state index < -0.39 is 0 Å². The average molecular weight is 180 g/mol. The molecule has 4 unspecified atom stereocenters. The van der Waals surface area contributed by atoms with E-state index in [0.717, 1.165) is 23.7 Å². The highest BCUT2D eigenvalue weighted by Gasteiger charge is 2.26. The van der Waals surface area contributed by atoms with Crippen LogP contribution in [0.1, 0.15) is 46.5 Å². The van der Waals surface area contributed by atoms with Crippen molar-refractivity contribution in [1.82, 2.24) is 0 Å². The van der Waals surface area contributed by atoms with Crippen LogP contribution in [-0.4, -0.2) is 0 Å². The largest absolute Gasteiger partial charge is 0.103 e. The van der Waals surface area contributed by atoms with Gasteiger partial charge in [-0.25, -0.2) is 0 Å². The molecule has 0 aliphatic heterocycles. The van der Waals surface area contributed by atoms with E-state index in [1.54, 1.807) is 0 Å². The molecule has 0 aromatic heterocycles. The van der Waals surface area contributed by atoms with Gasteiger partial charge in [0.25, 0.3) is 0 Å². The molecule has 13 heavy (non-hydrogen) atoms. The summed E-state index contributed by atoms with van der Waals surface area (Å²) in [6, 6.07) is 0. The van der Waals surface area contributed by atoms with Crippen LogP contribution in [0, 0.1) is 23.7 Å². The van der Waals surface area contributed by atoms with Crippen LogP contribution < -0.4 is 0 Å². The molecule has 0 nitrogen and oxygen atoms in total. The zero-order valence-corrected chi connectivity index (χ0v) is 9.42. The Morgan fingerprint density at radius 3 is 2.54 bits per heavy atom. The molecule has 0 spiro atoms. The molecule has 0 bridgehead atoms. The molecule has 0 aromatic carbocycles. The Morgan fingerprint density at radius 1 is 1.23 bits per heavy atom. The van der Waals surface area contributed by atoms with Gasteiger partial charge in [0.15, 0.2) is 0 Å². The Balaban J connectivity index is 2.58. The smallest absolute Gasteiger partial charge is 0.0322 e. The second-order valence-electron chi connectivity index (χ2n) is 5.04. The quantitative estimate of drug-likeness (QED) is 0.440. The van der Waals surface area contributed by atoms with Crippen molar-refractivity contribution in [2.45, 2.75) is 46.5 Å². The minimum absolute atomic E-state index is 0.892. The van der Waals surface area contributed by atoms with Gasteiger partial charge in [-0.2, -0.15) is 0 Å². The first-order valence-corrected chi connectivity index (χ1v) is 5.76. The summed E-state index contributed by atoms with van der Waals surface area (Å²) in [5.74, 6) is 3.63. The van der Waals surface area contributed by atoms with Crippen LogP contribution in [0.2, 0.25) is 0 Å². The first kappa shape index (κ1) is 10.8. The lowest BCUT2D eigenvalue weighted by molar-refractivity contribution is 0.263. The van der Waals surface area contributed by atoms with Crippen LogP contribution in [0.3, 0.4) is 0 Å². The first-order chi connectivity index (χ1) is 6.15. The minimum atomic E-state index is 0.892.